The normalized spacial score (nSPS) is 11.5. The largest absolute Gasteiger partial charge is 0.381 e. The van der Waals surface area contributed by atoms with Crippen molar-refractivity contribution in [2.24, 2.45) is 0 Å². The molecule has 124 valence electrons. The minimum absolute atomic E-state index is 0.132. The summed E-state index contributed by atoms with van der Waals surface area (Å²) in [6.45, 7) is 2.86. The summed E-state index contributed by atoms with van der Waals surface area (Å²) >= 11 is 6.34. The molecule has 0 spiro atoms. The highest BCUT2D eigenvalue weighted by molar-refractivity contribution is 6.31. The molecule has 0 saturated heterocycles. The predicted molar refractivity (Wildman–Crippen MR) is 95.1 cm³/mol. The Kier molecular flexibility index (Phi) is 6.80. The number of rotatable bonds is 7. The lowest BCUT2D eigenvalue weighted by Gasteiger charge is -2.13. The van der Waals surface area contributed by atoms with Crippen LogP contribution < -0.4 is 5.32 Å². The Morgan fingerprint density at radius 3 is 2.67 bits per heavy atom. The van der Waals surface area contributed by atoms with Gasteiger partial charge in [-0.15, -0.1) is 0 Å². The van der Waals surface area contributed by atoms with E-state index in [2.05, 4.69) is 11.4 Å². The number of hydrogen-bond acceptors (Lipinski definition) is 3. The number of amides is 1. The summed E-state index contributed by atoms with van der Waals surface area (Å²) in [6.07, 6.45) is 0.290. The number of ether oxygens (including phenoxy) is 1. The van der Waals surface area contributed by atoms with E-state index < -0.39 is 5.92 Å². The first-order chi connectivity index (χ1) is 11.7. The highest BCUT2D eigenvalue weighted by Gasteiger charge is 2.17. The first-order valence-corrected chi connectivity index (χ1v) is 8.15. The average molecular weight is 343 g/mol. The van der Waals surface area contributed by atoms with Crippen LogP contribution in [-0.4, -0.2) is 19.1 Å². The SMILES string of the molecule is CCOCCC(=O)Nc1ccc(C(C#N)c2ccccc2)c(Cl)c1. The predicted octanol–water partition coefficient (Wildman–Crippen LogP) is 4.36. The van der Waals surface area contributed by atoms with E-state index in [4.69, 9.17) is 16.3 Å². The molecule has 1 atom stereocenters. The number of nitrogens with zero attached hydrogens (tertiary/aromatic N) is 1. The van der Waals surface area contributed by atoms with Crippen molar-refractivity contribution < 1.29 is 9.53 Å². The van der Waals surface area contributed by atoms with E-state index in [9.17, 15) is 10.1 Å². The molecule has 0 aliphatic heterocycles. The van der Waals surface area contributed by atoms with Crippen LogP contribution in [-0.2, 0) is 9.53 Å². The maximum absolute atomic E-state index is 11.8. The van der Waals surface area contributed by atoms with Gasteiger partial charge in [-0.1, -0.05) is 48.0 Å². The van der Waals surface area contributed by atoms with Crippen molar-refractivity contribution in [3.05, 3.63) is 64.7 Å². The third kappa shape index (κ3) is 4.82. The van der Waals surface area contributed by atoms with Crippen LogP contribution in [0.4, 0.5) is 5.69 Å². The molecule has 2 aromatic rings. The van der Waals surface area contributed by atoms with Gasteiger partial charge in [-0.25, -0.2) is 0 Å². The minimum atomic E-state index is -0.443. The minimum Gasteiger partial charge on any atom is -0.381 e. The summed E-state index contributed by atoms with van der Waals surface area (Å²) in [5.74, 6) is -0.575. The molecule has 24 heavy (non-hydrogen) atoms. The molecule has 0 heterocycles. The molecule has 2 rings (SSSR count). The van der Waals surface area contributed by atoms with Gasteiger partial charge in [0.15, 0.2) is 0 Å². The number of anilines is 1. The Morgan fingerprint density at radius 2 is 2.04 bits per heavy atom. The standard InChI is InChI=1S/C19H19ClN2O2/c1-2-24-11-10-19(23)22-15-8-9-16(18(20)12-15)17(13-21)14-6-4-3-5-7-14/h3-9,12,17H,2,10-11H2,1H3,(H,22,23). The third-order valence-corrected chi connectivity index (χ3v) is 3.86. The van der Waals surface area contributed by atoms with Crippen molar-refractivity contribution in [2.45, 2.75) is 19.3 Å². The van der Waals surface area contributed by atoms with E-state index in [-0.39, 0.29) is 12.3 Å². The van der Waals surface area contributed by atoms with Crippen LogP contribution in [0, 0.1) is 11.3 Å². The van der Waals surface area contributed by atoms with Crippen LogP contribution in [0.1, 0.15) is 30.4 Å². The van der Waals surface area contributed by atoms with Crippen molar-refractivity contribution in [1.29, 1.82) is 5.26 Å². The van der Waals surface area contributed by atoms with Gasteiger partial charge in [0, 0.05) is 17.3 Å². The second-order valence-corrected chi connectivity index (χ2v) is 5.61. The Hall–Kier alpha value is -2.35. The number of nitriles is 1. The molecule has 0 aliphatic carbocycles. The summed E-state index contributed by atoms with van der Waals surface area (Å²) < 4.78 is 5.16. The summed E-state index contributed by atoms with van der Waals surface area (Å²) in [6, 6.07) is 17.0. The van der Waals surface area contributed by atoms with E-state index >= 15 is 0 Å². The summed E-state index contributed by atoms with van der Waals surface area (Å²) in [7, 11) is 0. The van der Waals surface area contributed by atoms with Crippen LogP contribution in [0.2, 0.25) is 5.02 Å². The van der Waals surface area contributed by atoms with Crippen molar-refractivity contribution in [3.8, 4) is 6.07 Å². The molecule has 0 aromatic heterocycles. The second kappa shape index (κ2) is 9.07. The second-order valence-electron chi connectivity index (χ2n) is 5.20. The van der Waals surface area contributed by atoms with Gasteiger partial charge in [-0.3, -0.25) is 4.79 Å². The van der Waals surface area contributed by atoms with Gasteiger partial charge in [0.1, 0.15) is 0 Å². The van der Waals surface area contributed by atoms with Gasteiger partial charge in [0.05, 0.1) is 25.0 Å². The fraction of sp³-hybridized carbons (Fsp3) is 0.263. The zero-order chi connectivity index (χ0) is 17.4. The molecule has 0 bridgehead atoms. The highest BCUT2D eigenvalue weighted by Crippen LogP contribution is 2.31. The molecule has 1 N–H and O–H groups in total. The van der Waals surface area contributed by atoms with Crippen molar-refractivity contribution in [1.82, 2.24) is 0 Å². The van der Waals surface area contributed by atoms with Gasteiger partial charge >= 0.3 is 0 Å². The molecule has 5 heteroatoms. The maximum atomic E-state index is 11.8. The topological polar surface area (TPSA) is 62.1 Å². The number of hydrogen-bond donors (Lipinski definition) is 1. The molecular weight excluding hydrogens is 324 g/mol. The lowest BCUT2D eigenvalue weighted by atomic mass is 9.92. The van der Waals surface area contributed by atoms with Gasteiger partial charge < -0.3 is 10.1 Å². The van der Waals surface area contributed by atoms with Crippen LogP contribution in [0.5, 0.6) is 0 Å². The summed E-state index contributed by atoms with van der Waals surface area (Å²) in [5.41, 5.74) is 2.21. The quantitative estimate of drug-likeness (QED) is 0.760. The van der Waals surface area contributed by atoms with Gasteiger partial charge in [0.2, 0.25) is 5.91 Å². The lowest BCUT2D eigenvalue weighted by molar-refractivity contribution is -0.117. The van der Waals surface area contributed by atoms with Crippen molar-refractivity contribution in [3.63, 3.8) is 0 Å². The third-order valence-electron chi connectivity index (χ3n) is 3.53. The molecule has 1 unspecified atom stereocenters. The van der Waals surface area contributed by atoms with Crippen LogP contribution in [0.3, 0.4) is 0 Å². The van der Waals surface area contributed by atoms with E-state index in [1.165, 1.54) is 0 Å². The number of halogens is 1. The fourth-order valence-electron chi connectivity index (χ4n) is 2.34. The van der Waals surface area contributed by atoms with Crippen molar-refractivity contribution >= 4 is 23.2 Å². The lowest BCUT2D eigenvalue weighted by Crippen LogP contribution is -2.14. The maximum Gasteiger partial charge on any atom is 0.226 e. The fourth-order valence-corrected chi connectivity index (χ4v) is 2.63. The van der Waals surface area contributed by atoms with Crippen LogP contribution in [0.15, 0.2) is 48.5 Å². The van der Waals surface area contributed by atoms with Crippen LogP contribution in [0.25, 0.3) is 0 Å². The zero-order valence-corrected chi connectivity index (χ0v) is 14.2. The first-order valence-electron chi connectivity index (χ1n) is 7.77. The molecule has 0 saturated carbocycles. The Bertz CT molecular complexity index is 726. The monoisotopic (exact) mass is 342 g/mol. The zero-order valence-electron chi connectivity index (χ0n) is 13.5. The van der Waals surface area contributed by atoms with Crippen LogP contribution >= 0.6 is 11.6 Å². The number of benzene rings is 2. The number of carbonyl (C=O) groups excluding carboxylic acids is 1. The molecule has 2 aromatic carbocycles. The van der Waals surface area contributed by atoms with Crippen molar-refractivity contribution in [2.75, 3.05) is 18.5 Å². The molecule has 0 fully saturated rings. The van der Waals surface area contributed by atoms with Gasteiger partial charge in [-0.05, 0) is 30.2 Å². The average Bonchev–Trinajstić information content (AvgIpc) is 2.58. The Morgan fingerprint density at radius 1 is 1.29 bits per heavy atom. The van der Waals surface area contributed by atoms with Gasteiger partial charge in [0.25, 0.3) is 0 Å². The number of nitrogens with one attached hydrogen (secondary N) is 1. The molecule has 1 amide bonds. The highest BCUT2D eigenvalue weighted by atomic mass is 35.5. The van der Waals surface area contributed by atoms with E-state index in [0.29, 0.717) is 23.9 Å². The Balaban J connectivity index is 2.12. The molecule has 4 nitrogen and oxygen atoms in total. The molecule has 0 radical (unpaired) electrons. The first kappa shape index (κ1) is 18.0. The van der Waals surface area contributed by atoms with E-state index in [1.807, 2.05) is 37.3 Å². The van der Waals surface area contributed by atoms with E-state index in [0.717, 1.165) is 11.1 Å². The summed E-state index contributed by atoms with van der Waals surface area (Å²) in [4.78, 5) is 11.8. The smallest absolute Gasteiger partial charge is 0.226 e. The molecule has 0 aliphatic rings. The summed E-state index contributed by atoms with van der Waals surface area (Å²) in [5, 5.41) is 12.7. The van der Waals surface area contributed by atoms with E-state index in [1.54, 1.807) is 18.2 Å². The number of carbonyl (C=O) groups is 1. The van der Waals surface area contributed by atoms with Gasteiger partial charge in [-0.2, -0.15) is 5.26 Å². The Labute approximate surface area is 147 Å². The molecular formula is C19H19ClN2O2.